The van der Waals surface area contributed by atoms with Gasteiger partial charge in [-0.25, -0.2) is 0 Å². The van der Waals surface area contributed by atoms with Gasteiger partial charge in [0.1, 0.15) is 0 Å². The maximum atomic E-state index is 6.06. The molecular formula is C5H13Cl4NSi2. The van der Waals surface area contributed by atoms with Crippen LogP contribution in [0.3, 0.4) is 0 Å². The SMILES string of the molecule is CCCN([Si](C)(Cl)Cl)[Si](C)(Cl)Cl. The smallest absolute Gasteiger partial charge is 0.298 e. The molecule has 0 saturated heterocycles. The summed E-state index contributed by atoms with van der Waals surface area (Å²) in [5.41, 5.74) is 0. The molecule has 0 aromatic carbocycles. The molecule has 0 aliphatic carbocycles. The van der Waals surface area contributed by atoms with E-state index in [1.807, 2.05) is 17.3 Å². The summed E-state index contributed by atoms with van der Waals surface area (Å²) in [6.45, 7) is 1.74. The Morgan fingerprint density at radius 1 is 1.00 bits per heavy atom. The van der Waals surface area contributed by atoms with E-state index in [9.17, 15) is 0 Å². The molecule has 0 spiro atoms. The summed E-state index contributed by atoms with van der Waals surface area (Å²) < 4.78 is 1.90. The highest BCUT2D eigenvalue weighted by Gasteiger charge is 2.42. The average Bonchev–Trinajstić information content (AvgIpc) is 1.77. The molecule has 0 fully saturated rings. The van der Waals surface area contributed by atoms with E-state index in [1.165, 1.54) is 0 Å². The highest BCUT2D eigenvalue weighted by molar-refractivity contribution is 7.53. The van der Waals surface area contributed by atoms with Crippen LogP contribution < -0.4 is 0 Å². The van der Waals surface area contributed by atoms with Crippen molar-refractivity contribution in [3.8, 4) is 0 Å². The van der Waals surface area contributed by atoms with Gasteiger partial charge in [-0.1, -0.05) is 6.92 Å². The van der Waals surface area contributed by atoms with Crippen molar-refractivity contribution in [1.29, 1.82) is 0 Å². The number of halogens is 4. The van der Waals surface area contributed by atoms with Gasteiger partial charge in [-0.05, 0) is 26.1 Å². The molecule has 0 aromatic heterocycles. The van der Waals surface area contributed by atoms with Crippen molar-refractivity contribution < 1.29 is 0 Å². The van der Waals surface area contributed by atoms with Crippen molar-refractivity contribution in [2.24, 2.45) is 0 Å². The first kappa shape index (κ1) is 13.6. The van der Waals surface area contributed by atoms with Crippen LogP contribution in [0.4, 0.5) is 0 Å². The van der Waals surface area contributed by atoms with E-state index >= 15 is 0 Å². The van der Waals surface area contributed by atoms with Crippen LogP contribution in [0.5, 0.6) is 0 Å². The van der Waals surface area contributed by atoms with E-state index in [0.717, 1.165) is 13.0 Å². The van der Waals surface area contributed by atoms with E-state index in [-0.39, 0.29) is 0 Å². The van der Waals surface area contributed by atoms with Crippen LogP contribution >= 0.6 is 44.3 Å². The lowest BCUT2D eigenvalue weighted by Gasteiger charge is -2.35. The summed E-state index contributed by atoms with van der Waals surface area (Å²) in [4.78, 5) is 0. The molecule has 12 heavy (non-hydrogen) atoms. The predicted molar refractivity (Wildman–Crippen MR) is 63.6 cm³/mol. The largest absolute Gasteiger partial charge is 0.317 e. The summed E-state index contributed by atoms with van der Waals surface area (Å²) in [7, 11) is 0. The van der Waals surface area contributed by atoms with Gasteiger partial charge < -0.3 is 0 Å². The normalized spacial score (nSPS) is 14.0. The van der Waals surface area contributed by atoms with Gasteiger partial charge in [0.15, 0.2) is 0 Å². The van der Waals surface area contributed by atoms with Gasteiger partial charge in [0.25, 0.3) is 0 Å². The number of hydrogen-bond acceptors (Lipinski definition) is 1. The Hall–Kier alpha value is 1.55. The standard InChI is InChI=1S/C5H13Cl4NSi2/c1-4-5-10(11(2,6)7)12(3,8)9/h4-5H2,1-3H3. The van der Waals surface area contributed by atoms with E-state index in [0.29, 0.717) is 0 Å². The maximum absolute atomic E-state index is 6.06. The van der Waals surface area contributed by atoms with E-state index in [4.69, 9.17) is 44.3 Å². The number of nitrogens with zero attached hydrogens (tertiary/aromatic N) is 1. The Kier molecular flexibility index (Phi) is 5.50. The minimum Gasteiger partial charge on any atom is -0.298 e. The molecule has 0 heterocycles. The molecule has 0 unspecified atom stereocenters. The van der Waals surface area contributed by atoms with Gasteiger partial charge in [0.2, 0.25) is 0 Å². The first-order chi connectivity index (χ1) is 5.19. The molecule has 0 aliphatic heterocycles. The van der Waals surface area contributed by atoms with Crippen molar-refractivity contribution in [2.75, 3.05) is 6.54 Å². The molecule has 0 radical (unpaired) electrons. The highest BCUT2D eigenvalue weighted by atomic mass is 35.7. The molecule has 7 heteroatoms. The Labute approximate surface area is 94.9 Å². The van der Waals surface area contributed by atoms with Crippen LogP contribution in [-0.2, 0) is 0 Å². The summed E-state index contributed by atoms with van der Waals surface area (Å²) in [5, 5.41) is 0. The molecule has 0 rings (SSSR count). The van der Waals surface area contributed by atoms with Crippen LogP contribution in [0.15, 0.2) is 0 Å². The van der Waals surface area contributed by atoms with Crippen molar-refractivity contribution in [3.63, 3.8) is 0 Å². The fourth-order valence-corrected chi connectivity index (χ4v) is 13.6. The van der Waals surface area contributed by atoms with Crippen LogP contribution in [0, 0.1) is 0 Å². The van der Waals surface area contributed by atoms with E-state index < -0.39 is 13.7 Å². The maximum Gasteiger partial charge on any atom is 0.317 e. The van der Waals surface area contributed by atoms with Crippen LogP contribution in [0.25, 0.3) is 0 Å². The fourth-order valence-electron chi connectivity index (χ4n) is 0.961. The van der Waals surface area contributed by atoms with Crippen LogP contribution in [0.2, 0.25) is 13.1 Å². The lowest BCUT2D eigenvalue weighted by molar-refractivity contribution is 0.637. The molecule has 0 amide bonds. The summed E-state index contributed by atoms with van der Waals surface area (Å²) in [5.74, 6) is 0. The van der Waals surface area contributed by atoms with E-state index in [2.05, 4.69) is 6.92 Å². The molecule has 0 bridgehead atoms. The predicted octanol–water partition coefficient (Wildman–Crippen LogP) is 3.79. The Morgan fingerprint density at radius 2 is 1.33 bits per heavy atom. The van der Waals surface area contributed by atoms with Gasteiger partial charge in [-0.3, -0.25) is 4.23 Å². The second-order valence-electron chi connectivity index (χ2n) is 2.84. The summed E-state index contributed by atoms with van der Waals surface area (Å²) >= 11 is 24.2. The second kappa shape index (κ2) is 4.87. The zero-order valence-electron chi connectivity index (χ0n) is 7.37. The summed E-state index contributed by atoms with van der Waals surface area (Å²) in [6.07, 6.45) is 0.962. The third kappa shape index (κ3) is 4.70. The third-order valence-corrected chi connectivity index (χ3v) is 10.6. The van der Waals surface area contributed by atoms with Gasteiger partial charge in [0.05, 0.1) is 0 Å². The monoisotopic (exact) mass is 283 g/mol. The topological polar surface area (TPSA) is 3.24 Å². The molecule has 74 valence electrons. The highest BCUT2D eigenvalue weighted by Crippen LogP contribution is 2.30. The first-order valence-corrected chi connectivity index (χ1v) is 12.7. The lowest BCUT2D eigenvalue weighted by Crippen LogP contribution is -2.54. The molecule has 0 atom stereocenters. The third-order valence-electron chi connectivity index (χ3n) is 1.40. The zero-order chi connectivity index (χ0) is 9.99. The number of hydrogen-bond donors (Lipinski definition) is 0. The summed E-state index contributed by atoms with van der Waals surface area (Å²) in [6, 6.07) is 0. The molecule has 0 aromatic rings. The minimum absolute atomic E-state index is 0.783. The lowest BCUT2D eigenvalue weighted by atomic mass is 10.5. The van der Waals surface area contributed by atoms with Crippen LogP contribution in [-0.4, -0.2) is 24.5 Å². The molecule has 1 nitrogen and oxygen atoms in total. The number of rotatable bonds is 4. The quantitative estimate of drug-likeness (QED) is 0.561. The van der Waals surface area contributed by atoms with Gasteiger partial charge in [0, 0.05) is 0 Å². The van der Waals surface area contributed by atoms with Crippen molar-refractivity contribution in [2.45, 2.75) is 26.4 Å². The average molecular weight is 285 g/mol. The molecule has 0 saturated carbocycles. The Bertz CT molecular complexity index is 127. The molecule has 0 N–H and O–H groups in total. The fraction of sp³-hybridized carbons (Fsp3) is 1.00. The van der Waals surface area contributed by atoms with Gasteiger partial charge >= 0.3 is 13.7 Å². The van der Waals surface area contributed by atoms with Crippen molar-refractivity contribution in [1.82, 2.24) is 4.23 Å². The second-order valence-corrected chi connectivity index (χ2v) is 17.7. The van der Waals surface area contributed by atoms with Crippen molar-refractivity contribution in [3.05, 3.63) is 0 Å². The Morgan fingerprint density at radius 3 is 1.42 bits per heavy atom. The van der Waals surface area contributed by atoms with E-state index in [1.54, 1.807) is 0 Å². The first-order valence-electron chi connectivity index (χ1n) is 3.73. The molecule has 0 aliphatic rings. The Balaban J connectivity index is 4.45. The van der Waals surface area contributed by atoms with Gasteiger partial charge in [-0.15, -0.1) is 44.3 Å². The zero-order valence-corrected chi connectivity index (χ0v) is 12.4. The van der Waals surface area contributed by atoms with Crippen LogP contribution in [0.1, 0.15) is 13.3 Å². The minimum atomic E-state index is -2.37. The molecular weight excluding hydrogens is 272 g/mol. The van der Waals surface area contributed by atoms with Gasteiger partial charge in [-0.2, -0.15) is 0 Å². The van der Waals surface area contributed by atoms with Crippen molar-refractivity contribution >= 4 is 58.0 Å².